The minimum absolute atomic E-state index is 0.296. The van der Waals surface area contributed by atoms with Gasteiger partial charge in [0.1, 0.15) is 11.6 Å². The maximum atomic E-state index is 12.2. The van der Waals surface area contributed by atoms with Crippen LogP contribution in [0.1, 0.15) is 36.4 Å². The van der Waals surface area contributed by atoms with E-state index in [1.165, 1.54) is 30.7 Å². The molecule has 1 nitrogen and oxygen atoms in total. The maximum Gasteiger partial charge on any atom is 0.126 e. The average Bonchev–Trinajstić information content (AvgIpc) is 2.68. The smallest absolute Gasteiger partial charge is 0.126 e. The lowest BCUT2D eigenvalue weighted by atomic mass is 9.94. The Bertz CT molecular complexity index is 942. The number of anilines is 1. The van der Waals surface area contributed by atoms with Crippen molar-refractivity contribution in [3.05, 3.63) is 98.5 Å². The van der Waals surface area contributed by atoms with Crippen LogP contribution in [0.4, 0.5) is 14.5 Å². The van der Waals surface area contributed by atoms with Crippen LogP contribution in [0.5, 0.6) is 0 Å². The monoisotopic (exact) mass is 467 g/mol. The van der Waals surface area contributed by atoms with Crippen LogP contribution in [0, 0.1) is 18.6 Å². The normalized spacial score (nSPS) is 16.1. The van der Waals surface area contributed by atoms with Crippen LogP contribution in [0.3, 0.4) is 0 Å². The number of rotatable bonds is 2. The summed E-state index contributed by atoms with van der Waals surface area (Å²) in [4.78, 5) is 2.41. The molecule has 3 aromatic carbocycles. The van der Waals surface area contributed by atoms with Crippen molar-refractivity contribution in [2.75, 3.05) is 11.4 Å². The van der Waals surface area contributed by atoms with Gasteiger partial charge in [-0.05, 0) is 85.8 Å². The van der Waals surface area contributed by atoms with E-state index in [1.54, 1.807) is 6.92 Å². The Balaban J connectivity index is 0.000000239. The fraction of sp³-hybridized carbons (Fsp3) is 0.250. The first kappa shape index (κ1) is 22.9. The summed E-state index contributed by atoms with van der Waals surface area (Å²) >= 11 is 18.4. The fourth-order valence-electron chi connectivity index (χ4n) is 3.66. The van der Waals surface area contributed by atoms with Crippen LogP contribution in [-0.4, -0.2) is 6.54 Å². The molecule has 1 atom stereocenters. The summed E-state index contributed by atoms with van der Waals surface area (Å²) in [6, 6.07) is 17.5. The molecule has 3 aromatic rings. The van der Waals surface area contributed by atoms with Gasteiger partial charge < -0.3 is 4.90 Å². The Labute approximate surface area is 191 Å². The second-order valence-corrected chi connectivity index (χ2v) is 8.57. The zero-order valence-corrected chi connectivity index (χ0v) is 18.8. The van der Waals surface area contributed by atoms with E-state index in [0.29, 0.717) is 16.6 Å². The van der Waals surface area contributed by atoms with Gasteiger partial charge >= 0.3 is 0 Å². The van der Waals surface area contributed by atoms with Crippen LogP contribution in [0.25, 0.3) is 0 Å². The van der Waals surface area contributed by atoms with E-state index < -0.39 is 11.6 Å². The lowest BCUT2D eigenvalue weighted by Crippen LogP contribution is -2.33. The number of aryl methyl sites for hydroxylation is 1. The van der Waals surface area contributed by atoms with Crippen molar-refractivity contribution in [2.45, 2.75) is 32.2 Å². The lowest BCUT2D eigenvalue weighted by molar-refractivity contribution is 0.473. The molecule has 1 saturated heterocycles. The van der Waals surface area contributed by atoms with Gasteiger partial charge in [0.15, 0.2) is 0 Å². The molecule has 0 spiro atoms. The molecule has 1 fully saturated rings. The summed E-state index contributed by atoms with van der Waals surface area (Å²) in [7, 11) is 0. The number of benzene rings is 3. The molecular formula is C24H22Cl3F2N. The third-order valence-corrected chi connectivity index (χ3v) is 5.80. The molecule has 1 unspecified atom stereocenters. The molecule has 0 aliphatic carbocycles. The number of nitrogens with zero attached hydrogens (tertiary/aromatic N) is 1. The standard InChI is InChI=1S/C17H16Cl3N.C7H6F2/c18-12-4-7-14(8-5-12)21-10-2-1-3-17(21)15-9-6-13(19)11-16(15)20;1-5-2-6(8)4-7(9)3-5/h4-9,11,17H,1-3,10H2;2-4H,1H3. The van der Waals surface area contributed by atoms with Crippen molar-refractivity contribution in [1.29, 1.82) is 0 Å². The molecule has 1 aliphatic heterocycles. The van der Waals surface area contributed by atoms with Crippen molar-refractivity contribution in [3.8, 4) is 0 Å². The van der Waals surface area contributed by atoms with Gasteiger partial charge in [-0.1, -0.05) is 40.9 Å². The molecule has 0 N–H and O–H groups in total. The molecule has 1 heterocycles. The molecule has 1 aliphatic rings. The highest BCUT2D eigenvalue weighted by molar-refractivity contribution is 6.35. The van der Waals surface area contributed by atoms with Gasteiger partial charge in [-0.3, -0.25) is 0 Å². The van der Waals surface area contributed by atoms with Crippen LogP contribution < -0.4 is 4.90 Å². The van der Waals surface area contributed by atoms with Crippen molar-refractivity contribution in [3.63, 3.8) is 0 Å². The van der Waals surface area contributed by atoms with Crippen LogP contribution in [-0.2, 0) is 0 Å². The van der Waals surface area contributed by atoms with Gasteiger partial charge in [-0.2, -0.15) is 0 Å². The third kappa shape index (κ3) is 6.10. The Morgan fingerprint density at radius 1 is 0.800 bits per heavy atom. The first-order valence-electron chi connectivity index (χ1n) is 9.73. The number of halogens is 5. The Hall–Kier alpha value is -1.81. The molecule has 0 saturated carbocycles. The minimum atomic E-state index is -0.521. The molecule has 6 heteroatoms. The predicted octanol–water partition coefficient (Wildman–Crippen LogP) is 8.65. The van der Waals surface area contributed by atoms with Gasteiger partial charge in [0, 0.05) is 33.4 Å². The average molecular weight is 469 g/mol. The van der Waals surface area contributed by atoms with Gasteiger partial charge in [0.25, 0.3) is 0 Å². The van der Waals surface area contributed by atoms with Gasteiger partial charge in [0.2, 0.25) is 0 Å². The van der Waals surface area contributed by atoms with E-state index in [9.17, 15) is 8.78 Å². The van der Waals surface area contributed by atoms with Crippen LogP contribution in [0.2, 0.25) is 15.1 Å². The highest BCUT2D eigenvalue weighted by Gasteiger charge is 2.26. The third-order valence-electron chi connectivity index (χ3n) is 4.99. The number of hydrogen-bond donors (Lipinski definition) is 0. The molecular weight excluding hydrogens is 447 g/mol. The summed E-state index contributed by atoms with van der Waals surface area (Å²) in [6.45, 7) is 2.68. The van der Waals surface area contributed by atoms with Crippen molar-refractivity contribution in [1.82, 2.24) is 0 Å². The highest BCUT2D eigenvalue weighted by atomic mass is 35.5. The molecule has 0 amide bonds. The molecule has 0 aromatic heterocycles. The van der Waals surface area contributed by atoms with E-state index in [0.717, 1.165) is 34.6 Å². The summed E-state index contributed by atoms with van der Waals surface area (Å²) in [5, 5.41) is 2.18. The van der Waals surface area contributed by atoms with E-state index in [4.69, 9.17) is 34.8 Å². The zero-order valence-electron chi connectivity index (χ0n) is 16.5. The largest absolute Gasteiger partial charge is 0.364 e. The maximum absolute atomic E-state index is 12.2. The molecule has 0 radical (unpaired) electrons. The fourth-order valence-corrected chi connectivity index (χ4v) is 4.32. The highest BCUT2D eigenvalue weighted by Crippen LogP contribution is 2.38. The molecule has 4 rings (SSSR count). The predicted molar refractivity (Wildman–Crippen MR) is 123 cm³/mol. The van der Waals surface area contributed by atoms with Crippen molar-refractivity contribution in [2.24, 2.45) is 0 Å². The Kier molecular flexibility index (Phi) is 7.99. The second kappa shape index (κ2) is 10.5. The van der Waals surface area contributed by atoms with E-state index >= 15 is 0 Å². The summed E-state index contributed by atoms with van der Waals surface area (Å²) < 4.78 is 24.4. The number of piperidine rings is 1. The van der Waals surface area contributed by atoms with Crippen LogP contribution in [0.15, 0.2) is 60.7 Å². The van der Waals surface area contributed by atoms with E-state index in [2.05, 4.69) is 17.0 Å². The Morgan fingerprint density at radius 2 is 1.43 bits per heavy atom. The van der Waals surface area contributed by atoms with Crippen molar-refractivity contribution < 1.29 is 8.78 Å². The van der Waals surface area contributed by atoms with E-state index in [-0.39, 0.29) is 0 Å². The summed E-state index contributed by atoms with van der Waals surface area (Å²) in [5.41, 5.74) is 2.94. The Morgan fingerprint density at radius 3 is 2.03 bits per heavy atom. The molecule has 158 valence electrons. The molecule has 30 heavy (non-hydrogen) atoms. The van der Waals surface area contributed by atoms with Gasteiger partial charge in [-0.15, -0.1) is 0 Å². The van der Waals surface area contributed by atoms with Gasteiger partial charge in [-0.25, -0.2) is 8.78 Å². The number of hydrogen-bond acceptors (Lipinski definition) is 1. The molecule has 0 bridgehead atoms. The van der Waals surface area contributed by atoms with Gasteiger partial charge in [0.05, 0.1) is 6.04 Å². The topological polar surface area (TPSA) is 3.24 Å². The van der Waals surface area contributed by atoms with E-state index in [1.807, 2.05) is 30.3 Å². The quantitative estimate of drug-likeness (QED) is 0.364. The van der Waals surface area contributed by atoms with Crippen molar-refractivity contribution >= 4 is 40.5 Å². The summed E-state index contributed by atoms with van der Waals surface area (Å²) in [6.07, 6.45) is 3.52. The SMILES string of the molecule is Cc1cc(F)cc(F)c1.Clc1ccc(N2CCCCC2c2ccc(Cl)cc2Cl)cc1. The lowest BCUT2D eigenvalue weighted by Gasteiger charge is -2.38. The first-order chi connectivity index (χ1) is 14.3. The second-order valence-electron chi connectivity index (χ2n) is 7.29. The summed E-state index contributed by atoms with van der Waals surface area (Å²) in [5.74, 6) is -1.04. The minimum Gasteiger partial charge on any atom is -0.364 e. The van der Waals surface area contributed by atoms with Crippen LogP contribution >= 0.6 is 34.8 Å². The zero-order chi connectivity index (χ0) is 21.7. The first-order valence-corrected chi connectivity index (χ1v) is 10.9.